The molecule has 21 heavy (non-hydrogen) atoms. The van der Waals surface area contributed by atoms with Gasteiger partial charge in [-0.15, -0.1) is 0 Å². The van der Waals surface area contributed by atoms with Crippen molar-refractivity contribution in [1.82, 2.24) is 9.88 Å². The van der Waals surface area contributed by atoms with Crippen LogP contribution in [-0.4, -0.2) is 42.0 Å². The first-order chi connectivity index (χ1) is 10.3. The maximum Gasteiger partial charge on any atom is 0.255 e. The number of carbonyl (C=O) groups excluding carboxylic acids is 1. The summed E-state index contributed by atoms with van der Waals surface area (Å²) in [6, 6.07) is 14.0. The molecule has 3 rings (SSSR count). The highest BCUT2D eigenvalue weighted by Gasteiger charge is 2.20. The summed E-state index contributed by atoms with van der Waals surface area (Å²) in [5, 5.41) is 0. The molecule has 108 valence electrons. The van der Waals surface area contributed by atoms with E-state index in [1.807, 2.05) is 17.0 Å². The van der Waals surface area contributed by atoms with Crippen molar-refractivity contribution >= 4 is 11.6 Å². The Balaban J connectivity index is 1.67. The molecular weight excluding hydrogens is 262 g/mol. The second-order valence-electron chi connectivity index (χ2n) is 5.21. The molecule has 4 heteroatoms. The number of nitrogens with zero attached hydrogens (tertiary/aromatic N) is 3. The van der Waals surface area contributed by atoms with Crippen LogP contribution in [0.15, 0.2) is 54.9 Å². The van der Waals surface area contributed by atoms with E-state index in [9.17, 15) is 4.79 Å². The van der Waals surface area contributed by atoms with E-state index >= 15 is 0 Å². The minimum atomic E-state index is 0.0815. The molecule has 1 saturated heterocycles. The van der Waals surface area contributed by atoms with Crippen LogP contribution >= 0.6 is 0 Å². The Kier molecular flexibility index (Phi) is 4.15. The second-order valence-corrected chi connectivity index (χ2v) is 5.21. The van der Waals surface area contributed by atoms with Crippen molar-refractivity contribution < 1.29 is 4.79 Å². The molecule has 4 nitrogen and oxygen atoms in total. The molecule has 1 aliphatic rings. The normalized spacial score (nSPS) is 15.6. The lowest BCUT2D eigenvalue weighted by Gasteiger charge is -2.23. The van der Waals surface area contributed by atoms with Gasteiger partial charge in [0, 0.05) is 44.3 Å². The summed E-state index contributed by atoms with van der Waals surface area (Å²) in [7, 11) is 0. The van der Waals surface area contributed by atoms with E-state index in [4.69, 9.17) is 0 Å². The van der Waals surface area contributed by atoms with Gasteiger partial charge in [0.2, 0.25) is 0 Å². The van der Waals surface area contributed by atoms with Gasteiger partial charge in [-0.1, -0.05) is 18.2 Å². The standard InChI is InChI=1S/C17H19N3O/c21-17(15-6-4-9-18-14-15)20-11-5-10-19(12-13-20)16-7-2-1-3-8-16/h1-4,6-9,14H,5,10-13H2. The van der Waals surface area contributed by atoms with Gasteiger partial charge in [0.05, 0.1) is 5.56 Å². The maximum atomic E-state index is 12.5. The van der Waals surface area contributed by atoms with Crippen LogP contribution in [0.5, 0.6) is 0 Å². The van der Waals surface area contributed by atoms with Crippen LogP contribution in [0, 0.1) is 0 Å². The van der Waals surface area contributed by atoms with E-state index in [1.165, 1.54) is 5.69 Å². The van der Waals surface area contributed by atoms with Crippen LogP contribution in [0.3, 0.4) is 0 Å². The first-order valence-corrected chi connectivity index (χ1v) is 7.34. The molecule has 1 aliphatic heterocycles. The van der Waals surface area contributed by atoms with E-state index < -0.39 is 0 Å². The van der Waals surface area contributed by atoms with Crippen molar-refractivity contribution in [3.63, 3.8) is 0 Å². The molecule has 1 amide bonds. The van der Waals surface area contributed by atoms with Crippen molar-refractivity contribution in [2.24, 2.45) is 0 Å². The third kappa shape index (κ3) is 3.21. The van der Waals surface area contributed by atoms with E-state index in [0.29, 0.717) is 5.56 Å². The minimum absolute atomic E-state index is 0.0815. The van der Waals surface area contributed by atoms with Crippen molar-refractivity contribution in [2.75, 3.05) is 31.1 Å². The molecule has 0 spiro atoms. The predicted molar refractivity (Wildman–Crippen MR) is 83.4 cm³/mol. The second kappa shape index (κ2) is 6.39. The molecule has 2 aromatic rings. The molecule has 1 aromatic carbocycles. The Hall–Kier alpha value is -2.36. The molecule has 0 bridgehead atoms. The van der Waals surface area contributed by atoms with E-state index in [2.05, 4.69) is 34.1 Å². The summed E-state index contributed by atoms with van der Waals surface area (Å²) in [6.07, 6.45) is 4.32. The Morgan fingerprint density at radius 1 is 0.952 bits per heavy atom. The van der Waals surface area contributed by atoms with Crippen LogP contribution in [0.25, 0.3) is 0 Å². The average Bonchev–Trinajstić information content (AvgIpc) is 2.82. The van der Waals surface area contributed by atoms with Gasteiger partial charge < -0.3 is 9.80 Å². The van der Waals surface area contributed by atoms with Gasteiger partial charge >= 0.3 is 0 Å². The van der Waals surface area contributed by atoms with E-state index in [1.54, 1.807) is 18.5 Å². The number of benzene rings is 1. The summed E-state index contributed by atoms with van der Waals surface area (Å²) < 4.78 is 0. The molecule has 1 aromatic heterocycles. The molecular formula is C17H19N3O. The smallest absolute Gasteiger partial charge is 0.255 e. The molecule has 0 saturated carbocycles. The highest BCUT2D eigenvalue weighted by Crippen LogP contribution is 2.16. The number of hydrogen-bond acceptors (Lipinski definition) is 3. The number of hydrogen-bond donors (Lipinski definition) is 0. The lowest BCUT2D eigenvalue weighted by atomic mass is 10.2. The highest BCUT2D eigenvalue weighted by molar-refractivity contribution is 5.93. The van der Waals surface area contributed by atoms with Gasteiger partial charge in [-0.25, -0.2) is 0 Å². The van der Waals surface area contributed by atoms with Gasteiger partial charge in [0.25, 0.3) is 5.91 Å². The summed E-state index contributed by atoms with van der Waals surface area (Å²) in [5.74, 6) is 0.0815. The topological polar surface area (TPSA) is 36.4 Å². The van der Waals surface area contributed by atoms with Gasteiger partial charge in [0.15, 0.2) is 0 Å². The Labute approximate surface area is 125 Å². The maximum absolute atomic E-state index is 12.5. The molecule has 1 fully saturated rings. The van der Waals surface area contributed by atoms with Crippen LogP contribution in [0.2, 0.25) is 0 Å². The number of para-hydroxylation sites is 1. The molecule has 0 N–H and O–H groups in total. The number of rotatable bonds is 2. The van der Waals surface area contributed by atoms with Gasteiger partial charge in [0.1, 0.15) is 0 Å². The average molecular weight is 281 g/mol. The van der Waals surface area contributed by atoms with Crippen molar-refractivity contribution in [3.8, 4) is 0 Å². The third-order valence-corrected chi connectivity index (χ3v) is 3.81. The number of pyridine rings is 1. The first kappa shape index (κ1) is 13.6. The summed E-state index contributed by atoms with van der Waals surface area (Å²) in [4.78, 5) is 20.8. The Morgan fingerprint density at radius 2 is 1.81 bits per heavy atom. The van der Waals surface area contributed by atoms with Gasteiger partial charge in [-0.3, -0.25) is 9.78 Å². The molecule has 0 radical (unpaired) electrons. The monoisotopic (exact) mass is 281 g/mol. The quantitative estimate of drug-likeness (QED) is 0.848. The van der Waals surface area contributed by atoms with Crippen molar-refractivity contribution in [1.29, 1.82) is 0 Å². The van der Waals surface area contributed by atoms with Crippen LogP contribution in [0.4, 0.5) is 5.69 Å². The van der Waals surface area contributed by atoms with Gasteiger partial charge in [-0.2, -0.15) is 0 Å². The lowest BCUT2D eigenvalue weighted by Crippen LogP contribution is -2.35. The van der Waals surface area contributed by atoms with Crippen LogP contribution in [-0.2, 0) is 0 Å². The van der Waals surface area contributed by atoms with Crippen molar-refractivity contribution in [3.05, 3.63) is 60.4 Å². The zero-order chi connectivity index (χ0) is 14.5. The SMILES string of the molecule is O=C(c1cccnc1)N1CCCN(c2ccccc2)CC1. The third-order valence-electron chi connectivity index (χ3n) is 3.81. The lowest BCUT2D eigenvalue weighted by molar-refractivity contribution is 0.0766. The molecule has 0 aliphatic carbocycles. The molecule has 2 heterocycles. The minimum Gasteiger partial charge on any atom is -0.370 e. The number of amides is 1. The van der Waals surface area contributed by atoms with Gasteiger partial charge in [-0.05, 0) is 30.7 Å². The Morgan fingerprint density at radius 3 is 2.57 bits per heavy atom. The number of anilines is 1. The first-order valence-electron chi connectivity index (χ1n) is 7.34. The zero-order valence-electron chi connectivity index (χ0n) is 12.0. The fraction of sp³-hybridized carbons (Fsp3) is 0.294. The van der Waals surface area contributed by atoms with E-state index in [0.717, 1.165) is 32.6 Å². The summed E-state index contributed by atoms with van der Waals surface area (Å²) in [5.41, 5.74) is 1.90. The summed E-state index contributed by atoms with van der Waals surface area (Å²) >= 11 is 0. The fourth-order valence-corrected chi connectivity index (χ4v) is 2.69. The molecule has 0 atom stereocenters. The highest BCUT2D eigenvalue weighted by atomic mass is 16.2. The summed E-state index contributed by atoms with van der Waals surface area (Å²) in [6.45, 7) is 3.41. The zero-order valence-corrected chi connectivity index (χ0v) is 12.0. The van der Waals surface area contributed by atoms with Crippen molar-refractivity contribution in [2.45, 2.75) is 6.42 Å². The van der Waals surface area contributed by atoms with Crippen LogP contribution in [0.1, 0.15) is 16.8 Å². The fourth-order valence-electron chi connectivity index (χ4n) is 2.69. The number of aromatic nitrogens is 1. The van der Waals surface area contributed by atoms with E-state index in [-0.39, 0.29) is 5.91 Å². The largest absolute Gasteiger partial charge is 0.370 e. The predicted octanol–water partition coefficient (Wildman–Crippen LogP) is 2.43. The van der Waals surface area contributed by atoms with Crippen LogP contribution < -0.4 is 4.90 Å². The number of carbonyl (C=O) groups is 1. The Bertz CT molecular complexity index is 585. The molecule has 0 unspecified atom stereocenters.